The SMILES string of the molecule is CC[C@H](CO)NS(=O)(=O)c1[nH]ncc1C(=O)O. The molecule has 0 unspecified atom stereocenters. The molecule has 0 spiro atoms. The minimum Gasteiger partial charge on any atom is -0.478 e. The first-order valence-corrected chi connectivity index (χ1v) is 6.30. The van der Waals surface area contributed by atoms with Gasteiger partial charge in [0.15, 0.2) is 5.03 Å². The summed E-state index contributed by atoms with van der Waals surface area (Å²) in [6, 6.07) is -0.662. The Kier molecular flexibility index (Phi) is 4.21. The number of H-pyrrole nitrogens is 1. The van der Waals surface area contributed by atoms with Crippen molar-refractivity contribution in [1.29, 1.82) is 0 Å². The zero-order valence-electron chi connectivity index (χ0n) is 9.04. The molecule has 0 aliphatic rings. The highest BCUT2D eigenvalue weighted by molar-refractivity contribution is 7.89. The Bertz CT molecular complexity index is 491. The Morgan fingerprint density at radius 2 is 2.29 bits per heavy atom. The maximum absolute atomic E-state index is 11.8. The fraction of sp³-hybridized carbons (Fsp3) is 0.500. The molecule has 0 aliphatic heterocycles. The summed E-state index contributed by atoms with van der Waals surface area (Å²) >= 11 is 0. The van der Waals surface area contributed by atoms with Crippen molar-refractivity contribution >= 4 is 16.0 Å². The van der Waals surface area contributed by atoms with Crippen LogP contribution < -0.4 is 4.72 Å². The van der Waals surface area contributed by atoms with Crippen LogP contribution in [0.1, 0.15) is 23.7 Å². The van der Waals surface area contributed by atoms with Gasteiger partial charge in [-0.15, -0.1) is 0 Å². The topological polar surface area (TPSA) is 132 Å². The molecule has 17 heavy (non-hydrogen) atoms. The highest BCUT2D eigenvalue weighted by Gasteiger charge is 2.26. The number of aromatic amines is 1. The van der Waals surface area contributed by atoms with Crippen LogP contribution in [0.25, 0.3) is 0 Å². The summed E-state index contributed by atoms with van der Waals surface area (Å²) in [4.78, 5) is 10.8. The van der Waals surface area contributed by atoms with Crippen molar-refractivity contribution in [2.24, 2.45) is 0 Å². The van der Waals surface area contributed by atoms with Crippen molar-refractivity contribution in [3.63, 3.8) is 0 Å². The zero-order valence-corrected chi connectivity index (χ0v) is 9.86. The van der Waals surface area contributed by atoms with E-state index in [1.165, 1.54) is 0 Å². The summed E-state index contributed by atoms with van der Waals surface area (Å²) in [6.45, 7) is 1.32. The van der Waals surface area contributed by atoms with Crippen molar-refractivity contribution in [2.75, 3.05) is 6.61 Å². The first kappa shape index (κ1) is 13.6. The van der Waals surface area contributed by atoms with Gasteiger partial charge in [0.1, 0.15) is 5.56 Å². The van der Waals surface area contributed by atoms with Gasteiger partial charge in [-0.3, -0.25) is 5.10 Å². The molecule has 1 atom stereocenters. The summed E-state index contributed by atoms with van der Waals surface area (Å²) in [5.74, 6) is -1.39. The lowest BCUT2D eigenvalue weighted by Crippen LogP contribution is -2.37. The smallest absolute Gasteiger partial charge is 0.340 e. The van der Waals surface area contributed by atoms with Crippen molar-refractivity contribution in [3.05, 3.63) is 11.8 Å². The molecule has 8 nitrogen and oxygen atoms in total. The van der Waals surface area contributed by atoms with E-state index >= 15 is 0 Å². The number of rotatable bonds is 6. The minimum absolute atomic E-state index is 0.369. The Morgan fingerprint density at radius 3 is 2.76 bits per heavy atom. The molecule has 0 saturated carbocycles. The van der Waals surface area contributed by atoms with Crippen LogP contribution in [0, 0.1) is 0 Å². The average Bonchev–Trinajstić information content (AvgIpc) is 2.75. The lowest BCUT2D eigenvalue weighted by molar-refractivity contribution is 0.0692. The molecule has 1 rings (SSSR count). The number of nitrogens with one attached hydrogen (secondary N) is 2. The third-order valence-corrected chi connectivity index (χ3v) is 3.63. The maximum atomic E-state index is 11.8. The summed E-state index contributed by atoms with van der Waals surface area (Å²) in [6.07, 6.45) is 1.29. The third kappa shape index (κ3) is 3.02. The molecule has 0 radical (unpaired) electrons. The summed E-state index contributed by atoms with van der Waals surface area (Å²) in [5.41, 5.74) is -0.440. The largest absolute Gasteiger partial charge is 0.478 e. The van der Waals surface area contributed by atoms with Crippen LogP contribution in [0.5, 0.6) is 0 Å². The number of sulfonamides is 1. The van der Waals surface area contributed by atoms with Gasteiger partial charge in [0.05, 0.1) is 12.8 Å². The van der Waals surface area contributed by atoms with Gasteiger partial charge in [-0.25, -0.2) is 17.9 Å². The molecule has 4 N–H and O–H groups in total. The Hall–Kier alpha value is -1.45. The zero-order chi connectivity index (χ0) is 13.1. The van der Waals surface area contributed by atoms with Gasteiger partial charge >= 0.3 is 5.97 Å². The van der Waals surface area contributed by atoms with Crippen LogP contribution in [-0.2, 0) is 10.0 Å². The van der Waals surface area contributed by atoms with Crippen LogP contribution in [0.4, 0.5) is 0 Å². The molecule has 0 aliphatic carbocycles. The van der Waals surface area contributed by atoms with E-state index in [1.54, 1.807) is 6.92 Å². The van der Waals surface area contributed by atoms with E-state index in [2.05, 4.69) is 14.9 Å². The molecule has 0 saturated heterocycles. The van der Waals surface area contributed by atoms with Crippen LogP contribution in [0.2, 0.25) is 0 Å². The number of hydrogen-bond donors (Lipinski definition) is 4. The van der Waals surface area contributed by atoms with Gasteiger partial charge in [-0.05, 0) is 6.42 Å². The van der Waals surface area contributed by atoms with Crippen molar-refractivity contribution in [1.82, 2.24) is 14.9 Å². The van der Waals surface area contributed by atoms with E-state index in [9.17, 15) is 13.2 Å². The Morgan fingerprint density at radius 1 is 1.65 bits per heavy atom. The van der Waals surface area contributed by atoms with E-state index in [1.807, 2.05) is 0 Å². The Balaban J connectivity index is 3.05. The molecule has 0 fully saturated rings. The van der Waals surface area contributed by atoms with E-state index in [0.29, 0.717) is 6.42 Å². The molecule has 1 aromatic heterocycles. The van der Waals surface area contributed by atoms with Gasteiger partial charge in [0, 0.05) is 6.04 Å². The number of aliphatic hydroxyl groups is 1. The van der Waals surface area contributed by atoms with Crippen LogP contribution in [0.15, 0.2) is 11.2 Å². The number of carbonyl (C=O) groups is 1. The molecular weight excluding hydrogens is 250 g/mol. The summed E-state index contributed by atoms with van der Waals surface area (Å²) < 4.78 is 25.8. The van der Waals surface area contributed by atoms with E-state index in [0.717, 1.165) is 6.20 Å². The lowest BCUT2D eigenvalue weighted by Gasteiger charge is -2.13. The summed E-state index contributed by atoms with van der Waals surface area (Å²) in [7, 11) is -4.02. The first-order valence-electron chi connectivity index (χ1n) is 4.82. The monoisotopic (exact) mass is 263 g/mol. The van der Waals surface area contributed by atoms with Crippen LogP contribution in [-0.4, -0.2) is 47.4 Å². The van der Waals surface area contributed by atoms with E-state index in [4.69, 9.17) is 10.2 Å². The number of carboxylic acids is 1. The standard InChI is InChI=1S/C8H13N3O5S/c1-2-5(4-12)11-17(15,16)7-6(8(13)14)3-9-10-7/h3,5,11-12H,2,4H2,1H3,(H,9,10)(H,13,14)/t5-/m1/s1. The van der Waals surface area contributed by atoms with E-state index in [-0.39, 0.29) is 6.61 Å². The highest BCUT2D eigenvalue weighted by Crippen LogP contribution is 2.12. The second-order valence-corrected chi connectivity index (χ2v) is 4.98. The fourth-order valence-electron chi connectivity index (χ4n) is 1.16. The van der Waals surface area contributed by atoms with Crippen molar-refractivity contribution < 1.29 is 23.4 Å². The summed E-state index contributed by atoms with van der Waals surface area (Å²) in [5, 5.41) is 22.6. The molecule has 1 aromatic rings. The number of aliphatic hydroxyl groups excluding tert-OH is 1. The first-order chi connectivity index (χ1) is 7.92. The van der Waals surface area contributed by atoms with Crippen LogP contribution >= 0.6 is 0 Å². The number of hydrogen-bond acceptors (Lipinski definition) is 5. The maximum Gasteiger partial charge on any atom is 0.340 e. The normalized spacial score (nSPS) is 13.5. The second kappa shape index (κ2) is 5.25. The third-order valence-electron chi connectivity index (χ3n) is 2.14. The van der Waals surface area contributed by atoms with Crippen molar-refractivity contribution in [2.45, 2.75) is 24.4 Å². The number of nitrogens with zero attached hydrogens (tertiary/aromatic N) is 1. The van der Waals surface area contributed by atoms with E-state index < -0.39 is 32.6 Å². The molecular formula is C8H13N3O5S. The fourth-order valence-corrected chi connectivity index (χ4v) is 2.56. The van der Waals surface area contributed by atoms with Gasteiger partial charge in [0.25, 0.3) is 10.0 Å². The highest BCUT2D eigenvalue weighted by atomic mass is 32.2. The Labute approximate surface area is 97.7 Å². The minimum atomic E-state index is -4.02. The average molecular weight is 263 g/mol. The molecule has 0 aromatic carbocycles. The molecule has 96 valence electrons. The molecule has 1 heterocycles. The molecule has 0 bridgehead atoms. The second-order valence-electron chi connectivity index (χ2n) is 3.33. The molecule has 0 amide bonds. The molecule has 9 heteroatoms. The quantitative estimate of drug-likeness (QED) is 0.529. The number of aromatic nitrogens is 2. The van der Waals surface area contributed by atoms with Gasteiger partial charge in [-0.1, -0.05) is 6.92 Å². The van der Waals surface area contributed by atoms with Crippen LogP contribution in [0.3, 0.4) is 0 Å². The lowest BCUT2D eigenvalue weighted by atomic mass is 10.3. The van der Waals surface area contributed by atoms with Gasteiger partial charge in [0.2, 0.25) is 0 Å². The van der Waals surface area contributed by atoms with Crippen molar-refractivity contribution in [3.8, 4) is 0 Å². The van der Waals surface area contributed by atoms with Gasteiger partial charge < -0.3 is 10.2 Å². The van der Waals surface area contributed by atoms with Gasteiger partial charge in [-0.2, -0.15) is 5.10 Å². The number of aromatic carboxylic acids is 1. The predicted molar refractivity (Wildman–Crippen MR) is 57.0 cm³/mol. The predicted octanol–water partition coefficient (Wildman–Crippen LogP) is -0.843. The number of carboxylic acid groups (broad SMARTS) is 1.